The van der Waals surface area contributed by atoms with Crippen LogP contribution in [0, 0.1) is 5.92 Å². The maximum absolute atomic E-state index is 12.1. The van der Waals surface area contributed by atoms with E-state index in [9.17, 15) is 9.90 Å². The normalized spacial score (nSPS) is 20.0. The molecule has 1 aliphatic heterocycles. The third-order valence-electron chi connectivity index (χ3n) is 3.02. The summed E-state index contributed by atoms with van der Waals surface area (Å²) < 4.78 is 10.3. The van der Waals surface area contributed by atoms with Gasteiger partial charge in [0.15, 0.2) is 0 Å². The van der Waals surface area contributed by atoms with Crippen molar-refractivity contribution in [3.63, 3.8) is 0 Å². The molecule has 17 heavy (non-hydrogen) atoms. The predicted molar refractivity (Wildman–Crippen MR) is 60.2 cm³/mol. The van der Waals surface area contributed by atoms with E-state index in [2.05, 4.69) is 0 Å². The van der Waals surface area contributed by atoms with Crippen molar-refractivity contribution < 1.29 is 19.1 Å². The van der Waals surface area contributed by atoms with Crippen molar-refractivity contribution >= 4 is 5.91 Å². The lowest BCUT2D eigenvalue weighted by molar-refractivity contribution is -0.143. The molecule has 2 heterocycles. The molecule has 1 saturated heterocycles. The van der Waals surface area contributed by atoms with Crippen LogP contribution in [0.5, 0.6) is 0 Å². The third kappa shape index (κ3) is 2.68. The van der Waals surface area contributed by atoms with E-state index in [-0.39, 0.29) is 5.91 Å². The van der Waals surface area contributed by atoms with Crippen molar-refractivity contribution in [3.05, 3.63) is 24.2 Å². The fourth-order valence-corrected chi connectivity index (χ4v) is 1.91. The van der Waals surface area contributed by atoms with Crippen molar-refractivity contribution in [2.75, 3.05) is 26.3 Å². The highest BCUT2D eigenvalue weighted by molar-refractivity contribution is 5.79. The van der Waals surface area contributed by atoms with E-state index in [0.717, 1.165) is 0 Å². The summed E-state index contributed by atoms with van der Waals surface area (Å²) in [7, 11) is 0. The van der Waals surface area contributed by atoms with Crippen molar-refractivity contribution in [1.29, 1.82) is 0 Å². The van der Waals surface area contributed by atoms with Crippen molar-refractivity contribution in [2.24, 2.45) is 5.92 Å². The third-order valence-corrected chi connectivity index (χ3v) is 3.02. The number of rotatable bonds is 3. The number of hydrogen-bond donors (Lipinski definition) is 1. The van der Waals surface area contributed by atoms with Gasteiger partial charge in [-0.15, -0.1) is 0 Å². The summed E-state index contributed by atoms with van der Waals surface area (Å²) in [6, 6.07) is 3.37. The van der Waals surface area contributed by atoms with E-state index in [0.29, 0.717) is 32.1 Å². The van der Waals surface area contributed by atoms with Gasteiger partial charge in [0.1, 0.15) is 11.9 Å². The van der Waals surface area contributed by atoms with Crippen LogP contribution >= 0.6 is 0 Å². The Balaban J connectivity index is 1.98. The van der Waals surface area contributed by atoms with E-state index in [4.69, 9.17) is 9.15 Å². The quantitative estimate of drug-likeness (QED) is 0.847. The highest BCUT2D eigenvalue weighted by Crippen LogP contribution is 2.24. The van der Waals surface area contributed by atoms with Gasteiger partial charge in [-0.2, -0.15) is 0 Å². The second-order valence-corrected chi connectivity index (χ2v) is 4.19. The van der Waals surface area contributed by atoms with Crippen LogP contribution in [0.4, 0.5) is 0 Å². The molecule has 0 unspecified atom stereocenters. The number of morpholine rings is 1. The molecule has 1 N–H and O–H groups in total. The number of nitrogens with zero attached hydrogens (tertiary/aromatic N) is 1. The van der Waals surface area contributed by atoms with Gasteiger partial charge in [0.25, 0.3) is 0 Å². The number of furan rings is 1. The van der Waals surface area contributed by atoms with Gasteiger partial charge in [-0.25, -0.2) is 0 Å². The molecule has 94 valence electrons. The van der Waals surface area contributed by atoms with Crippen LogP contribution in [0.3, 0.4) is 0 Å². The van der Waals surface area contributed by atoms with Crippen LogP contribution in [0.25, 0.3) is 0 Å². The van der Waals surface area contributed by atoms with Crippen LogP contribution in [-0.4, -0.2) is 42.2 Å². The number of carbonyl (C=O) groups is 1. The molecule has 0 bridgehead atoms. The highest BCUT2D eigenvalue weighted by Gasteiger charge is 2.29. The van der Waals surface area contributed by atoms with Gasteiger partial charge in [0.05, 0.1) is 25.4 Å². The van der Waals surface area contributed by atoms with Crippen LogP contribution in [0.2, 0.25) is 0 Å². The first-order valence-corrected chi connectivity index (χ1v) is 5.78. The molecule has 2 rings (SSSR count). The molecule has 0 aromatic carbocycles. The smallest absolute Gasteiger partial charge is 0.228 e. The number of aliphatic hydroxyl groups is 1. The van der Waals surface area contributed by atoms with Crippen molar-refractivity contribution in [3.8, 4) is 0 Å². The summed E-state index contributed by atoms with van der Waals surface area (Å²) in [5.41, 5.74) is 0. The van der Waals surface area contributed by atoms with Gasteiger partial charge in [0, 0.05) is 13.1 Å². The molecular formula is C12H17NO4. The Morgan fingerprint density at radius 2 is 2.18 bits per heavy atom. The lowest BCUT2D eigenvalue weighted by Crippen LogP contribution is -2.44. The number of amides is 1. The SMILES string of the molecule is C[C@@H](C(=O)N1CCOCC1)[C@@H](O)c1ccco1. The minimum absolute atomic E-state index is 0.0581. The van der Waals surface area contributed by atoms with Crippen LogP contribution < -0.4 is 0 Å². The number of hydrogen-bond acceptors (Lipinski definition) is 4. The molecule has 1 aromatic heterocycles. The topological polar surface area (TPSA) is 62.9 Å². The van der Waals surface area contributed by atoms with Gasteiger partial charge in [-0.1, -0.05) is 6.92 Å². The Bertz CT molecular complexity index is 357. The van der Waals surface area contributed by atoms with E-state index in [1.54, 1.807) is 24.0 Å². The summed E-state index contributed by atoms with van der Waals surface area (Å²) in [6.07, 6.45) is 0.602. The standard InChI is InChI=1S/C12H17NO4/c1-9(11(14)10-3-2-6-17-10)12(15)13-4-7-16-8-5-13/h2-3,6,9,11,14H,4-5,7-8H2,1H3/t9-,11-/m1/s1. The van der Waals surface area contributed by atoms with Crippen LogP contribution in [-0.2, 0) is 9.53 Å². The maximum atomic E-state index is 12.1. The first-order valence-electron chi connectivity index (χ1n) is 5.78. The average molecular weight is 239 g/mol. The molecule has 0 aliphatic carbocycles. The molecule has 1 aliphatic rings. The number of aliphatic hydroxyl groups excluding tert-OH is 1. The van der Waals surface area contributed by atoms with Gasteiger partial charge in [-0.05, 0) is 12.1 Å². The largest absolute Gasteiger partial charge is 0.467 e. The van der Waals surface area contributed by atoms with Crippen LogP contribution in [0.1, 0.15) is 18.8 Å². The molecule has 0 spiro atoms. The summed E-state index contributed by atoms with van der Waals surface area (Å²) >= 11 is 0. The fourth-order valence-electron chi connectivity index (χ4n) is 1.91. The van der Waals surface area contributed by atoms with Gasteiger partial charge in [0.2, 0.25) is 5.91 Å². The summed E-state index contributed by atoms with van der Waals surface area (Å²) in [4.78, 5) is 13.8. The Morgan fingerprint density at radius 3 is 2.76 bits per heavy atom. The van der Waals surface area contributed by atoms with Crippen molar-refractivity contribution in [1.82, 2.24) is 4.90 Å². The molecular weight excluding hydrogens is 222 g/mol. The number of carbonyl (C=O) groups excluding carboxylic acids is 1. The summed E-state index contributed by atoms with van der Waals surface area (Å²) in [5, 5.41) is 10.0. The molecule has 1 amide bonds. The predicted octanol–water partition coefficient (Wildman–Crippen LogP) is 0.808. The zero-order valence-corrected chi connectivity index (χ0v) is 9.83. The number of ether oxygens (including phenoxy) is 1. The average Bonchev–Trinajstić information content (AvgIpc) is 2.91. The zero-order chi connectivity index (χ0) is 12.3. The van der Waals surface area contributed by atoms with Gasteiger partial charge < -0.3 is 19.2 Å². The summed E-state index contributed by atoms with van der Waals surface area (Å²) in [6.45, 7) is 4.03. The zero-order valence-electron chi connectivity index (χ0n) is 9.83. The first kappa shape index (κ1) is 12.1. The fraction of sp³-hybridized carbons (Fsp3) is 0.583. The minimum atomic E-state index is -0.889. The molecule has 0 radical (unpaired) electrons. The minimum Gasteiger partial charge on any atom is -0.467 e. The van der Waals surface area contributed by atoms with E-state index in [1.807, 2.05) is 0 Å². The molecule has 1 aromatic rings. The Kier molecular flexibility index (Phi) is 3.81. The van der Waals surface area contributed by atoms with Gasteiger partial charge >= 0.3 is 0 Å². The van der Waals surface area contributed by atoms with E-state index in [1.165, 1.54) is 6.26 Å². The molecule has 0 saturated carbocycles. The van der Waals surface area contributed by atoms with Gasteiger partial charge in [-0.3, -0.25) is 4.79 Å². The van der Waals surface area contributed by atoms with Crippen LogP contribution in [0.15, 0.2) is 22.8 Å². The Labute approximate surface area is 100.0 Å². The molecule has 1 fully saturated rings. The lowest BCUT2D eigenvalue weighted by atomic mass is 10.0. The lowest BCUT2D eigenvalue weighted by Gasteiger charge is -2.30. The highest BCUT2D eigenvalue weighted by atomic mass is 16.5. The summed E-state index contributed by atoms with van der Waals surface area (Å²) in [5.74, 6) is -0.129. The monoisotopic (exact) mass is 239 g/mol. The first-order chi connectivity index (χ1) is 8.20. The molecule has 2 atom stereocenters. The maximum Gasteiger partial charge on any atom is 0.228 e. The van der Waals surface area contributed by atoms with Crippen molar-refractivity contribution in [2.45, 2.75) is 13.0 Å². The second kappa shape index (κ2) is 5.33. The molecule has 5 heteroatoms. The molecule has 5 nitrogen and oxygen atoms in total. The Morgan fingerprint density at radius 1 is 1.47 bits per heavy atom. The van der Waals surface area contributed by atoms with E-state index < -0.39 is 12.0 Å². The Hall–Kier alpha value is -1.33. The second-order valence-electron chi connectivity index (χ2n) is 4.19. The van der Waals surface area contributed by atoms with E-state index >= 15 is 0 Å².